The van der Waals surface area contributed by atoms with E-state index in [1.165, 1.54) is 65.0 Å². The summed E-state index contributed by atoms with van der Waals surface area (Å²) in [5.74, 6) is -1.98. The zero-order valence-electron chi connectivity index (χ0n) is 28.7. The SMILES string of the molecule is CCN(CC)S(=O)(=O)c1cc(C(=O)Nc2ccc(Cl)c(S(=O)(=O)N(C(=O)c3ccc(Cl)c(S(=O)(=O)N(CC)CC)c3)c3cccc(Cl)c3)c2)ccc1Cl. The van der Waals surface area contributed by atoms with Gasteiger partial charge in [0.2, 0.25) is 20.0 Å². The number of hydrogen-bond donors (Lipinski definition) is 1. The molecule has 0 atom stereocenters. The Morgan fingerprint density at radius 2 is 1.02 bits per heavy atom. The zero-order chi connectivity index (χ0) is 39.5. The third-order valence-corrected chi connectivity index (χ3v) is 15.4. The number of amides is 2. The van der Waals surface area contributed by atoms with E-state index in [9.17, 15) is 34.8 Å². The van der Waals surface area contributed by atoms with Crippen molar-refractivity contribution >= 4 is 99.7 Å². The maximum absolute atomic E-state index is 14.5. The zero-order valence-corrected chi connectivity index (χ0v) is 34.2. The summed E-state index contributed by atoms with van der Waals surface area (Å²) in [5, 5.41) is 1.99. The van der Waals surface area contributed by atoms with Crippen LogP contribution >= 0.6 is 46.4 Å². The van der Waals surface area contributed by atoms with E-state index in [4.69, 9.17) is 46.4 Å². The van der Waals surface area contributed by atoms with Crippen molar-refractivity contribution in [3.8, 4) is 0 Å². The number of carbonyl (C=O) groups excluding carboxylic acids is 2. The van der Waals surface area contributed by atoms with Crippen molar-refractivity contribution in [1.82, 2.24) is 8.61 Å². The number of sulfonamides is 3. The van der Waals surface area contributed by atoms with Gasteiger partial charge in [0.05, 0.1) is 20.8 Å². The van der Waals surface area contributed by atoms with Gasteiger partial charge in [-0.1, -0.05) is 80.2 Å². The van der Waals surface area contributed by atoms with E-state index in [1.54, 1.807) is 27.7 Å². The molecule has 0 bridgehead atoms. The summed E-state index contributed by atoms with van der Waals surface area (Å²) >= 11 is 25.1. The van der Waals surface area contributed by atoms with Gasteiger partial charge in [-0.05, 0) is 72.8 Å². The minimum Gasteiger partial charge on any atom is -0.322 e. The highest BCUT2D eigenvalue weighted by atomic mass is 35.5. The molecule has 4 aromatic rings. The molecule has 19 heteroatoms. The molecule has 0 heterocycles. The van der Waals surface area contributed by atoms with E-state index >= 15 is 0 Å². The first-order valence-corrected chi connectivity index (χ1v) is 21.7. The quantitative estimate of drug-likeness (QED) is 0.135. The topological polar surface area (TPSA) is 158 Å². The first kappa shape index (κ1) is 42.5. The fourth-order valence-corrected chi connectivity index (χ4v) is 11.3. The first-order valence-electron chi connectivity index (χ1n) is 15.9. The average molecular weight is 865 g/mol. The van der Waals surface area contributed by atoms with Crippen LogP contribution in [-0.2, 0) is 30.1 Å². The smallest absolute Gasteiger partial charge is 0.272 e. The number of rotatable bonds is 14. The lowest BCUT2D eigenvalue weighted by Crippen LogP contribution is -2.37. The number of benzene rings is 4. The molecule has 0 fully saturated rings. The Morgan fingerprint density at radius 3 is 1.51 bits per heavy atom. The minimum atomic E-state index is -4.96. The molecule has 0 aliphatic carbocycles. The second-order valence-electron chi connectivity index (χ2n) is 11.1. The molecular formula is C34H34Cl4N4O8S3. The van der Waals surface area contributed by atoms with E-state index < -0.39 is 51.7 Å². The van der Waals surface area contributed by atoms with Gasteiger partial charge in [-0.2, -0.15) is 12.9 Å². The Kier molecular flexibility index (Phi) is 13.7. The highest BCUT2D eigenvalue weighted by Gasteiger charge is 2.35. The van der Waals surface area contributed by atoms with Gasteiger partial charge >= 0.3 is 0 Å². The number of nitrogens with zero attached hydrogens (tertiary/aromatic N) is 3. The highest BCUT2D eigenvalue weighted by Crippen LogP contribution is 2.35. The molecule has 284 valence electrons. The molecule has 0 aliphatic rings. The van der Waals surface area contributed by atoms with Crippen LogP contribution in [0.5, 0.6) is 0 Å². The molecule has 0 aliphatic heterocycles. The monoisotopic (exact) mass is 862 g/mol. The van der Waals surface area contributed by atoms with Crippen molar-refractivity contribution in [2.75, 3.05) is 35.8 Å². The minimum absolute atomic E-state index is 0.0776. The predicted molar refractivity (Wildman–Crippen MR) is 208 cm³/mol. The fourth-order valence-electron chi connectivity index (χ4n) is 5.25. The average Bonchev–Trinajstić information content (AvgIpc) is 3.10. The van der Waals surface area contributed by atoms with Gasteiger partial charge in [0.15, 0.2) is 0 Å². The van der Waals surface area contributed by atoms with E-state index in [0.717, 1.165) is 22.5 Å². The Balaban J connectivity index is 1.80. The second-order valence-corrected chi connectivity index (χ2v) is 18.3. The molecule has 0 aromatic heterocycles. The number of nitrogens with one attached hydrogen (secondary N) is 1. The van der Waals surface area contributed by atoms with Gasteiger partial charge in [0, 0.05) is 48.0 Å². The summed E-state index contributed by atoms with van der Waals surface area (Å²) in [5.41, 5.74) is -0.742. The molecule has 1 N–H and O–H groups in total. The number of halogens is 4. The third-order valence-electron chi connectivity index (χ3n) is 7.95. The van der Waals surface area contributed by atoms with E-state index in [0.29, 0.717) is 4.31 Å². The summed E-state index contributed by atoms with van der Waals surface area (Å²) in [6, 6.07) is 15.9. The molecule has 4 aromatic carbocycles. The van der Waals surface area contributed by atoms with Crippen LogP contribution < -0.4 is 9.62 Å². The van der Waals surface area contributed by atoms with Gasteiger partial charge in [0.25, 0.3) is 21.8 Å². The number of hydrogen-bond acceptors (Lipinski definition) is 8. The van der Waals surface area contributed by atoms with Crippen LogP contribution in [0.2, 0.25) is 20.1 Å². The van der Waals surface area contributed by atoms with Crippen LogP contribution in [0.25, 0.3) is 0 Å². The Labute approximate surface area is 329 Å². The molecule has 0 saturated carbocycles. The van der Waals surface area contributed by atoms with Crippen LogP contribution in [0.4, 0.5) is 11.4 Å². The lowest BCUT2D eigenvalue weighted by atomic mass is 10.2. The molecule has 2 amide bonds. The van der Waals surface area contributed by atoms with Crippen molar-refractivity contribution in [2.24, 2.45) is 0 Å². The van der Waals surface area contributed by atoms with Gasteiger partial charge in [-0.15, -0.1) is 0 Å². The summed E-state index contributed by atoms with van der Waals surface area (Å²) in [4.78, 5) is 26.3. The summed E-state index contributed by atoms with van der Waals surface area (Å²) < 4.78 is 84.8. The molecular weight excluding hydrogens is 830 g/mol. The predicted octanol–water partition coefficient (Wildman–Crippen LogP) is 7.65. The summed E-state index contributed by atoms with van der Waals surface area (Å²) in [7, 11) is -13.2. The van der Waals surface area contributed by atoms with Gasteiger partial charge in [-0.3, -0.25) is 9.59 Å². The van der Waals surface area contributed by atoms with Crippen LogP contribution in [0, 0.1) is 0 Å². The molecule has 53 heavy (non-hydrogen) atoms. The van der Waals surface area contributed by atoms with Crippen LogP contribution in [0.1, 0.15) is 48.4 Å². The summed E-state index contributed by atoms with van der Waals surface area (Å²) in [6.45, 7) is 7.11. The van der Waals surface area contributed by atoms with Crippen molar-refractivity contribution in [3.63, 3.8) is 0 Å². The Morgan fingerprint density at radius 1 is 0.566 bits per heavy atom. The van der Waals surface area contributed by atoms with Crippen LogP contribution in [-0.4, -0.2) is 71.9 Å². The van der Waals surface area contributed by atoms with E-state index in [1.807, 2.05) is 0 Å². The molecule has 0 radical (unpaired) electrons. The molecule has 0 spiro atoms. The van der Waals surface area contributed by atoms with E-state index in [2.05, 4.69) is 5.32 Å². The van der Waals surface area contributed by atoms with Crippen LogP contribution in [0.15, 0.2) is 93.5 Å². The van der Waals surface area contributed by atoms with Crippen molar-refractivity contribution < 1.29 is 34.8 Å². The first-order chi connectivity index (χ1) is 24.8. The normalized spacial score (nSPS) is 12.3. The second kappa shape index (κ2) is 17.0. The molecule has 4 rings (SSSR count). The Bertz CT molecular complexity index is 2390. The van der Waals surface area contributed by atoms with Crippen molar-refractivity contribution in [1.29, 1.82) is 0 Å². The van der Waals surface area contributed by atoms with E-state index in [-0.39, 0.29) is 73.7 Å². The standard InChI is InChI=1S/C34H34Cl4N4O8S3/c1-5-40(6-2)51(45,46)30-18-22(12-15-27(30)36)33(43)39-25-14-17-29(38)32(21-25)53(49,50)42(26-11-9-10-24(35)20-26)34(44)23-13-16-28(37)31(19-23)52(47,48)41(7-3)8-4/h9-21H,5-8H2,1-4H3,(H,39,43). The van der Waals surface area contributed by atoms with Crippen molar-refractivity contribution in [2.45, 2.75) is 42.4 Å². The van der Waals surface area contributed by atoms with Gasteiger partial charge < -0.3 is 5.32 Å². The molecule has 0 unspecified atom stereocenters. The van der Waals surface area contributed by atoms with Crippen molar-refractivity contribution in [3.05, 3.63) is 110 Å². The fraction of sp³-hybridized carbons (Fsp3) is 0.235. The Hall–Kier alpha value is -3.25. The van der Waals surface area contributed by atoms with Gasteiger partial charge in [-0.25, -0.2) is 25.3 Å². The largest absolute Gasteiger partial charge is 0.322 e. The maximum Gasteiger partial charge on any atom is 0.272 e. The molecule has 12 nitrogen and oxygen atoms in total. The number of anilines is 2. The van der Waals surface area contributed by atoms with Crippen LogP contribution in [0.3, 0.4) is 0 Å². The lowest BCUT2D eigenvalue weighted by Gasteiger charge is -2.24. The molecule has 0 saturated heterocycles. The lowest BCUT2D eigenvalue weighted by molar-refractivity contribution is 0.100. The highest BCUT2D eigenvalue weighted by molar-refractivity contribution is 7.93. The number of carbonyl (C=O) groups is 2. The summed E-state index contributed by atoms with van der Waals surface area (Å²) in [6.07, 6.45) is 0. The maximum atomic E-state index is 14.5. The van der Waals surface area contributed by atoms with Gasteiger partial charge in [0.1, 0.15) is 14.7 Å². The third kappa shape index (κ3) is 8.85.